The maximum atomic E-state index is 13.0. The zero-order valence-electron chi connectivity index (χ0n) is 12.9. The highest BCUT2D eigenvalue weighted by Gasteiger charge is 2.12. The highest BCUT2D eigenvalue weighted by molar-refractivity contribution is 6.30. The maximum absolute atomic E-state index is 13.0. The van der Waals surface area contributed by atoms with Crippen molar-refractivity contribution in [1.82, 2.24) is 5.32 Å². The van der Waals surface area contributed by atoms with Crippen molar-refractivity contribution in [2.75, 3.05) is 19.8 Å². The van der Waals surface area contributed by atoms with Crippen LogP contribution >= 0.6 is 11.6 Å². The Bertz CT molecular complexity index is 733. The summed E-state index contributed by atoms with van der Waals surface area (Å²) in [5.74, 6) is -2.78. The van der Waals surface area contributed by atoms with Crippen LogP contribution in [-0.4, -0.2) is 31.6 Å². The van der Waals surface area contributed by atoms with Gasteiger partial charge in [-0.2, -0.15) is 0 Å². The molecule has 0 aromatic heterocycles. The normalized spacial score (nSPS) is 10.2. The van der Waals surface area contributed by atoms with Gasteiger partial charge in [-0.1, -0.05) is 11.6 Å². The third-order valence-corrected chi connectivity index (χ3v) is 3.19. The van der Waals surface area contributed by atoms with Gasteiger partial charge in [-0.25, -0.2) is 13.6 Å². The van der Waals surface area contributed by atoms with E-state index in [1.54, 1.807) is 24.3 Å². The topological polar surface area (TPSA) is 64.6 Å². The minimum Gasteiger partial charge on any atom is -0.492 e. The van der Waals surface area contributed by atoms with Crippen molar-refractivity contribution in [3.63, 3.8) is 0 Å². The van der Waals surface area contributed by atoms with E-state index in [0.29, 0.717) is 16.8 Å². The Morgan fingerprint density at radius 3 is 2.32 bits per heavy atom. The summed E-state index contributed by atoms with van der Waals surface area (Å²) >= 11 is 5.74. The molecule has 1 amide bonds. The van der Waals surface area contributed by atoms with Crippen LogP contribution in [0.4, 0.5) is 8.78 Å². The van der Waals surface area contributed by atoms with E-state index in [2.05, 4.69) is 10.1 Å². The van der Waals surface area contributed by atoms with Crippen molar-refractivity contribution < 1.29 is 27.8 Å². The first-order chi connectivity index (χ1) is 11.9. The predicted molar refractivity (Wildman–Crippen MR) is 86.6 cm³/mol. The van der Waals surface area contributed by atoms with Crippen molar-refractivity contribution in [1.29, 1.82) is 0 Å². The molecule has 132 valence electrons. The van der Waals surface area contributed by atoms with Crippen LogP contribution in [0.3, 0.4) is 0 Å². The second-order valence-corrected chi connectivity index (χ2v) is 5.32. The SMILES string of the molecule is O=C(COC(=O)c1cc(F)cc(F)c1)NCCOc1ccc(Cl)cc1. The molecule has 0 aliphatic carbocycles. The predicted octanol–water partition coefficient (Wildman–Crippen LogP) is 2.97. The minimum atomic E-state index is -0.994. The fraction of sp³-hybridized carbons (Fsp3) is 0.176. The number of rotatable bonds is 7. The van der Waals surface area contributed by atoms with Gasteiger partial charge < -0.3 is 14.8 Å². The number of hydrogen-bond donors (Lipinski definition) is 1. The third-order valence-electron chi connectivity index (χ3n) is 2.94. The van der Waals surface area contributed by atoms with Crippen LogP contribution in [0, 0.1) is 11.6 Å². The van der Waals surface area contributed by atoms with Gasteiger partial charge in [-0.15, -0.1) is 0 Å². The number of hydrogen-bond acceptors (Lipinski definition) is 4. The molecule has 8 heteroatoms. The summed E-state index contributed by atoms with van der Waals surface area (Å²) in [4.78, 5) is 23.2. The molecule has 0 saturated carbocycles. The zero-order valence-corrected chi connectivity index (χ0v) is 13.7. The van der Waals surface area contributed by atoms with E-state index in [1.165, 1.54) is 0 Å². The number of benzene rings is 2. The Hall–Kier alpha value is -2.67. The van der Waals surface area contributed by atoms with Crippen molar-refractivity contribution >= 4 is 23.5 Å². The fourth-order valence-corrected chi connectivity index (χ4v) is 1.95. The molecule has 0 heterocycles. The summed E-state index contributed by atoms with van der Waals surface area (Å²) in [6.07, 6.45) is 0. The molecule has 0 aliphatic rings. The summed E-state index contributed by atoms with van der Waals surface area (Å²) in [5.41, 5.74) is -0.309. The van der Waals surface area contributed by atoms with E-state index in [-0.39, 0.29) is 18.7 Å². The lowest BCUT2D eigenvalue weighted by atomic mass is 10.2. The van der Waals surface area contributed by atoms with Gasteiger partial charge in [0.2, 0.25) is 0 Å². The number of halogens is 3. The van der Waals surface area contributed by atoms with E-state index in [0.717, 1.165) is 12.1 Å². The van der Waals surface area contributed by atoms with Crippen LogP contribution in [0.5, 0.6) is 5.75 Å². The van der Waals surface area contributed by atoms with Gasteiger partial charge in [-0.05, 0) is 36.4 Å². The largest absolute Gasteiger partial charge is 0.492 e. The van der Waals surface area contributed by atoms with Crippen molar-refractivity contribution in [3.05, 3.63) is 64.7 Å². The molecule has 0 bridgehead atoms. The number of carbonyl (C=O) groups is 2. The van der Waals surface area contributed by atoms with Gasteiger partial charge in [-0.3, -0.25) is 4.79 Å². The van der Waals surface area contributed by atoms with Crippen LogP contribution in [0.25, 0.3) is 0 Å². The lowest BCUT2D eigenvalue weighted by molar-refractivity contribution is -0.124. The second-order valence-electron chi connectivity index (χ2n) is 4.89. The highest BCUT2D eigenvalue weighted by atomic mass is 35.5. The van der Waals surface area contributed by atoms with E-state index >= 15 is 0 Å². The Morgan fingerprint density at radius 2 is 1.68 bits per heavy atom. The molecule has 2 aromatic carbocycles. The molecule has 0 fully saturated rings. The third kappa shape index (κ3) is 6.39. The van der Waals surface area contributed by atoms with Crippen LogP contribution < -0.4 is 10.1 Å². The van der Waals surface area contributed by atoms with Gasteiger partial charge in [0.25, 0.3) is 5.91 Å². The fourth-order valence-electron chi connectivity index (χ4n) is 1.83. The van der Waals surface area contributed by atoms with Gasteiger partial charge in [0.05, 0.1) is 12.1 Å². The van der Waals surface area contributed by atoms with Gasteiger partial charge in [0.15, 0.2) is 6.61 Å². The minimum absolute atomic E-state index is 0.188. The maximum Gasteiger partial charge on any atom is 0.338 e. The first kappa shape index (κ1) is 18.7. The molecule has 25 heavy (non-hydrogen) atoms. The molecule has 5 nitrogen and oxygen atoms in total. The molecule has 0 saturated heterocycles. The molecule has 2 aromatic rings. The lowest BCUT2D eigenvalue weighted by Crippen LogP contribution is -2.32. The summed E-state index contributed by atoms with van der Waals surface area (Å²) in [7, 11) is 0. The molecular formula is C17H14ClF2NO4. The molecule has 0 aliphatic heterocycles. The standard InChI is InChI=1S/C17H14ClF2NO4/c18-12-1-3-15(4-2-12)24-6-5-21-16(22)10-25-17(23)11-7-13(19)9-14(20)8-11/h1-4,7-9H,5-6,10H2,(H,21,22). The number of ether oxygens (including phenoxy) is 2. The average Bonchev–Trinajstić information content (AvgIpc) is 2.57. The van der Waals surface area contributed by atoms with Gasteiger partial charge in [0, 0.05) is 11.1 Å². The van der Waals surface area contributed by atoms with E-state index in [9.17, 15) is 18.4 Å². The Morgan fingerprint density at radius 1 is 1.04 bits per heavy atom. The lowest BCUT2D eigenvalue weighted by Gasteiger charge is -2.08. The second kappa shape index (κ2) is 8.98. The Balaban J connectivity index is 1.68. The number of amides is 1. The molecule has 0 spiro atoms. The van der Waals surface area contributed by atoms with Crippen LogP contribution in [0.15, 0.2) is 42.5 Å². The molecule has 0 unspecified atom stereocenters. The van der Waals surface area contributed by atoms with Crippen LogP contribution in [-0.2, 0) is 9.53 Å². The number of nitrogens with one attached hydrogen (secondary N) is 1. The molecular weight excluding hydrogens is 356 g/mol. The van der Waals surface area contributed by atoms with Crippen molar-refractivity contribution in [2.24, 2.45) is 0 Å². The van der Waals surface area contributed by atoms with Gasteiger partial charge >= 0.3 is 5.97 Å². The van der Waals surface area contributed by atoms with E-state index in [4.69, 9.17) is 16.3 Å². The first-order valence-corrected chi connectivity index (χ1v) is 7.60. The molecule has 0 atom stereocenters. The van der Waals surface area contributed by atoms with Crippen LogP contribution in [0.1, 0.15) is 10.4 Å². The Kier molecular flexibility index (Phi) is 6.71. The smallest absolute Gasteiger partial charge is 0.338 e. The van der Waals surface area contributed by atoms with E-state index in [1.807, 2.05) is 0 Å². The number of esters is 1. The summed E-state index contributed by atoms with van der Waals surface area (Å²) in [6.45, 7) is -0.179. The Labute approximate surface area is 147 Å². The summed E-state index contributed by atoms with van der Waals surface area (Å²) < 4.78 is 36.1. The monoisotopic (exact) mass is 369 g/mol. The number of carbonyl (C=O) groups excluding carboxylic acids is 2. The quantitative estimate of drug-likeness (QED) is 0.602. The molecule has 0 radical (unpaired) electrons. The average molecular weight is 370 g/mol. The highest BCUT2D eigenvalue weighted by Crippen LogP contribution is 2.15. The van der Waals surface area contributed by atoms with E-state index < -0.39 is 30.1 Å². The molecule has 2 rings (SSSR count). The van der Waals surface area contributed by atoms with Crippen molar-refractivity contribution in [3.8, 4) is 5.75 Å². The summed E-state index contributed by atoms with van der Waals surface area (Å²) in [6, 6.07) is 8.99. The van der Waals surface area contributed by atoms with Crippen molar-refractivity contribution in [2.45, 2.75) is 0 Å². The first-order valence-electron chi connectivity index (χ1n) is 7.22. The van der Waals surface area contributed by atoms with Gasteiger partial charge in [0.1, 0.15) is 24.0 Å². The summed E-state index contributed by atoms with van der Waals surface area (Å²) in [5, 5.41) is 3.06. The molecule has 1 N–H and O–H groups in total. The zero-order chi connectivity index (χ0) is 18.2. The van der Waals surface area contributed by atoms with Crippen LogP contribution in [0.2, 0.25) is 5.02 Å².